The first-order valence-electron chi connectivity index (χ1n) is 5.81. The van der Waals surface area contributed by atoms with Crippen molar-refractivity contribution in [3.63, 3.8) is 0 Å². The quantitative estimate of drug-likeness (QED) is 0.715. The second kappa shape index (κ2) is 4.18. The first-order valence-corrected chi connectivity index (χ1v) is 5.81. The highest BCUT2D eigenvalue weighted by atomic mass is 16.1. The topological polar surface area (TPSA) is 17.1 Å². The van der Waals surface area contributed by atoms with Gasteiger partial charge in [0.1, 0.15) is 5.78 Å². The molecule has 1 aliphatic carbocycles. The number of ketones is 1. The lowest BCUT2D eigenvalue weighted by Crippen LogP contribution is -2.08. The van der Waals surface area contributed by atoms with E-state index in [-0.39, 0.29) is 5.92 Å². The average molecular weight is 202 g/mol. The molecule has 0 aromatic heterocycles. The molecule has 0 bridgehead atoms. The van der Waals surface area contributed by atoms with Crippen molar-refractivity contribution >= 4 is 5.78 Å². The summed E-state index contributed by atoms with van der Waals surface area (Å²) in [5.41, 5.74) is 2.62. The minimum atomic E-state index is 0.184. The molecule has 1 fully saturated rings. The predicted octanol–water partition coefficient (Wildman–Crippen LogP) is 3.65. The van der Waals surface area contributed by atoms with Crippen LogP contribution >= 0.6 is 0 Å². The third-order valence-electron chi connectivity index (χ3n) is 3.30. The van der Waals surface area contributed by atoms with Crippen LogP contribution in [0.3, 0.4) is 0 Å². The van der Waals surface area contributed by atoms with Gasteiger partial charge < -0.3 is 0 Å². The number of hydrogen-bond acceptors (Lipinski definition) is 1. The molecule has 0 heterocycles. The fourth-order valence-electron chi connectivity index (χ4n) is 2.50. The molecule has 1 heteroatoms. The molecular formula is C14H18O. The largest absolute Gasteiger partial charge is 0.299 e. The summed E-state index contributed by atoms with van der Waals surface area (Å²) >= 11 is 0. The molecule has 2 rings (SSSR count). The fraction of sp³-hybridized carbons (Fsp3) is 0.500. The lowest BCUT2D eigenvalue weighted by molar-refractivity contribution is -0.118. The van der Waals surface area contributed by atoms with Gasteiger partial charge in [0.05, 0.1) is 0 Å². The number of carbonyl (C=O) groups is 1. The van der Waals surface area contributed by atoms with Crippen molar-refractivity contribution < 1.29 is 4.79 Å². The summed E-state index contributed by atoms with van der Waals surface area (Å²) in [5.74, 6) is 1.13. The van der Waals surface area contributed by atoms with Crippen molar-refractivity contribution in [2.45, 2.75) is 44.9 Å². The van der Waals surface area contributed by atoms with Crippen molar-refractivity contribution in [1.82, 2.24) is 0 Å². The van der Waals surface area contributed by atoms with Gasteiger partial charge in [-0.05, 0) is 29.9 Å². The zero-order valence-corrected chi connectivity index (χ0v) is 9.49. The summed E-state index contributed by atoms with van der Waals surface area (Å²) in [6.07, 6.45) is 2.88. The van der Waals surface area contributed by atoms with Gasteiger partial charge >= 0.3 is 0 Å². The van der Waals surface area contributed by atoms with E-state index in [0.717, 1.165) is 19.3 Å². The molecule has 1 saturated carbocycles. The van der Waals surface area contributed by atoms with Gasteiger partial charge in [-0.3, -0.25) is 4.79 Å². The normalized spacial score (nSPS) is 21.3. The lowest BCUT2D eigenvalue weighted by atomic mass is 9.87. The molecule has 0 amide bonds. The van der Waals surface area contributed by atoms with E-state index in [0.29, 0.717) is 11.7 Å². The van der Waals surface area contributed by atoms with E-state index < -0.39 is 0 Å². The standard InChI is InChI=1S/C14H18O/c1-10(2)11-6-3-4-7-12(11)13-8-5-9-14(13)15/h3-4,6-7,10,13H,5,8-9H2,1-2H3. The van der Waals surface area contributed by atoms with Gasteiger partial charge in [-0.25, -0.2) is 0 Å². The van der Waals surface area contributed by atoms with Crippen LogP contribution in [0.5, 0.6) is 0 Å². The molecular weight excluding hydrogens is 184 g/mol. The molecule has 1 nitrogen and oxygen atoms in total. The van der Waals surface area contributed by atoms with Crippen molar-refractivity contribution in [2.75, 3.05) is 0 Å². The minimum absolute atomic E-state index is 0.184. The molecule has 1 aromatic carbocycles. The van der Waals surface area contributed by atoms with Crippen LogP contribution in [-0.4, -0.2) is 5.78 Å². The molecule has 1 aliphatic rings. The van der Waals surface area contributed by atoms with Crippen LogP contribution in [0.15, 0.2) is 24.3 Å². The Morgan fingerprint density at radius 3 is 2.60 bits per heavy atom. The summed E-state index contributed by atoms with van der Waals surface area (Å²) in [6, 6.07) is 8.40. The summed E-state index contributed by atoms with van der Waals surface area (Å²) in [6.45, 7) is 4.39. The predicted molar refractivity (Wildman–Crippen MR) is 62.1 cm³/mol. The zero-order valence-electron chi connectivity index (χ0n) is 9.49. The maximum Gasteiger partial charge on any atom is 0.140 e. The van der Waals surface area contributed by atoms with Crippen molar-refractivity contribution in [1.29, 1.82) is 0 Å². The Bertz CT molecular complexity index is 365. The fourth-order valence-corrected chi connectivity index (χ4v) is 2.50. The Kier molecular flexibility index (Phi) is 2.90. The van der Waals surface area contributed by atoms with Crippen LogP contribution in [0.25, 0.3) is 0 Å². The number of carbonyl (C=O) groups excluding carboxylic acids is 1. The number of benzene rings is 1. The number of Topliss-reactive ketones (excluding diaryl/α,β-unsaturated/α-hetero) is 1. The van der Waals surface area contributed by atoms with Gasteiger partial charge in [0.15, 0.2) is 0 Å². The molecule has 1 atom stereocenters. The Morgan fingerprint density at radius 1 is 1.27 bits per heavy atom. The Balaban J connectivity index is 2.38. The average Bonchev–Trinajstić information content (AvgIpc) is 2.64. The third-order valence-corrected chi connectivity index (χ3v) is 3.30. The summed E-state index contributed by atoms with van der Waals surface area (Å²) < 4.78 is 0. The number of hydrogen-bond donors (Lipinski definition) is 0. The maximum atomic E-state index is 11.7. The molecule has 0 radical (unpaired) electrons. The van der Waals surface area contributed by atoms with Crippen LogP contribution in [0.1, 0.15) is 56.1 Å². The molecule has 0 aliphatic heterocycles. The molecule has 0 spiro atoms. The van der Waals surface area contributed by atoms with E-state index >= 15 is 0 Å². The van der Waals surface area contributed by atoms with Gasteiger partial charge in [0.2, 0.25) is 0 Å². The van der Waals surface area contributed by atoms with Crippen LogP contribution in [0, 0.1) is 0 Å². The molecule has 0 N–H and O–H groups in total. The second-order valence-corrected chi connectivity index (χ2v) is 4.69. The SMILES string of the molecule is CC(C)c1ccccc1C1CCCC1=O. The van der Waals surface area contributed by atoms with Crippen LogP contribution in [0.4, 0.5) is 0 Å². The molecule has 0 saturated heterocycles. The van der Waals surface area contributed by atoms with Gasteiger partial charge in [-0.2, -0.15) is 0 Å². The van der Waals surface area contributed by atoms with E-state index in [1.54, 1.807) is 0 Å². The third kappa shape index (κ3) is 1.97. The molecule has 1 aromatic rings. The highest BCUT2D eigenvalue weighted by molar-refractivity contribution is 5.88. The van der Waals surface area contributed by atoms with Gasteiger partial charge in [0.25, 0.3) is 0 Å². The van der Waals surface area contributed by atoms with Crippen molar-refractivity contribution in [2.24, 2.45) is 0 Å². The van der Waals surface area contributed by atoms with Crippen molar-refractivity contribution in [3.05, 3.63) is 35.4 Å². The highest BCUT2D eigenvalue weighted by Crippen LogP contribution is 2.35. The summed E-state index contributed by atoms with van der Waals surface area (Å²) in [4.78, 5) is 11.7. The first kappa shape index (κ1) is 10.4. The van der Waals surface area contributed by atoms with Crippen molar-refractivity contribution in [3.8, 4) is 0 Å². The van der Waals surface area contributed by atoms with E-state index in [9.17, 15) is 4.79 Å². The van der Waals surface area contributed by atoms with Gasteiger partial charge in [0, 0.05) is 12.3 Å². The van der Waals surface area contributed by atoms with E-state index in [1.807, 2.05) is 6.07 Å². The van der Waals surface area contributed by atoms with Crippen LogP contribution in [-0.2, 0) is 4.79 Å². The van der Waals surface area contributed by atoms with Gasteiger partial charge in [-0.1, -0.05) is 38.1 Å². The molecule has 80 valence electrons. The maximum absolute atomic E-state index is 11.7. The first-order chi connectivity index (χ1) is 7.20. The summed E-state index contributed by atoms with van der Waals surface area (Å²) in [5, 5.41) is 0. The Morgan fingerprint density at radius 2 is 2.00 bits per heavy atom. The van der Waals surface area contributed by atoms with E-state index in [4.69, 9.17) is 0 Å². The minimum Gasteiger partial charge on any atom is -0.299 e. The van der Waals surface area contributed by atoms with Gasteiger partial charge in [-0.15, -0.1) is 0 Å². The highest BCUT2D eigenvalue weighted by Gasteiger charge is 2.27. The monoisotopic (exact) mass is 202 g/mol. The second-order valence-electron chi connectivity index (χ2n) is 4.69. The molecule has 15 heavy (non-hydrogen) atoms. The van der Waals surface area contributed by atoms with E-state index in [1.165, 1.54) is 11.1 Å². The van der Waals surface area contributed by atoms with Crippen LogP contribution < -0.4 is 0 Å². The summed E-state index contributed by atoms with van der Waals surface area (Å²) in [7, 11) is 0. The molecule has 1 unspecified atom stereocenters. The number of rotatable bonds is 2. The Hall–Kier alpha value is -1.11. The van der Waals surface area contributed by atoms with E-state index in [2.05, 4.69) is 32.0 Å². The smallest absolute Gasteiger partial charge is 0.140 e. The van der Waals surface area contributed by atoms with Crippen LogP contribution in [0.2, 0.25) is 0 Å². The Labute approximate surface area is 91.5 Å². The zero-order chi connectivity index (χ0) is 10.8. The lowest BCUT2D eigenvalue weighted by Gasteiger charge is -2.16.